The van der Waals surface area contributed by atoms with Crippen molar-refractivity contribution in [2.45, 2.75) is 25.8 Å². The first-order valence-corrected chi connectivity index (χ1v) is 8.40. The number of rotatable bonds is 6. The lowest BCUT2D eigenvalue weighted by Gasteiger charge is -2.33. The van der Waals surface area contributed by atoms with E-state index in [0.29, 0.717) is 17.7 Å². The number of benzene rings is 1. The second-order valence-electron chi connectivity index (χ2n) is 5.03. The molecule has 3 nitrogen and oxygen atoms in total. The molecule has 0 amide bonds. The molecule has 20 heavy (non-hydrogen) atoms. The second kappa shape index (κ2) is 8.23. The van der Waals surface area contributed by atoms with Crippen LogP contribution >= 0.6 is 27.5 Å². The number of hydrogen-bond acceptors (Lipinski definition) is 3. The quantitative estimate of drug-likeness (QED) is 0.838. The maximum Gasteiger partial charge on any atom is 0.133 e. The molecule has 0 saturated carbocycles. The summed E-state index contributed by atoms with van der Waals surface area (Å²) in [7, 11) is 0. The van der Waals surface area contributed by atoms with Crippen LogP contribution in [0.15, 0.2) is 22.7 Å². The molecule has 1 aromatic rings. The Balaban J connectivity index is 1.81. The molecule has 1 fully saturated rings. The van der Waals surface area contributed by atoms with Crippen molar-refractivity contribution >= 4 is 27.5 Å². The van der Waals surface area contributed by atoms with Gasteiger partial charge in [0, 0.05) is 17.6 Å². The standard InChI is InChI=1S/C15H22BrClN2O/c1-2-19(13-5-7-18-8-6-13)9-10-20-15-4-3-12(17)11-14(15)16/h3-4,11,13,18H,2,5-10H2,1H3. The Labute approximate surface area is 134 Å². The summed E-state index contributed by atoms with van der Waals surface area (Å²) in [6, 6.07) is 6.32. The topological polar surface area (TPSA) is 24.5 Å². The molecule has 0 radical (unpaired) electrons. The van der Waals surface area contributed by atoms with E-state index in [-0.39, 0.29) is 0 Å². The molecule has 0 atom stereocenters. The van der Waals surface area contributed by atoms with Crippen molar-refractivity contribution in [2.24, 2.45) is 0 Å². The Morgan fingerprint density at radius 1 is 1.40 bits per heavy atom. The van der Waals surface area contributed by atoms with Crippen LogP contribution in [0.1, 0.15) is 19.8 Å². The van der Waals surface area contributed by atoms with Gasteiger partial charge in [-0.2, -0.15) is 0 Å². The monoisotopic (exact) mass is 360 g/mol. The third-order valence-corrected chi connectivity index (χ3v) is 4.62. The van der Waals surface area contributed by atoms with Crippen LogP contribution in [0.4, 0.5) is 0 Å². The van der Waals surface area contributed by atoms with Gasteiger partial charge in [0.05, 0.1) is 4.47 Å². The molecule has 0 aromatic heterocycles. The number of nitrogens with one attached hydrogen (secondary N) is 1. The average Bonchev–Trinajstić information content (AvgIpc) is 2.46. The van der Waals surface area contributed by atoms with Gasteiger partial charge in [0.25, 0.3) is 0 Å². The van der Waals surface area contributed by atoms with E-state index < -0.39 is 0 Å². The van der Waals surface area contributed by atoms with E-state index in [4.69, 9.17) is 16.3 Å². The normalized spacial score (nSPS) is 16.6. The molecule has 5 heteroatoms. The predicted octanol–water partition coefficient (Wildman–Crippen LogP) is 3.56. The van der Waals surface area contributed by atoms with Gasteiger partial charge in [-0.25, -0.2) is 0 Å². The summed E-state index contributed by atoms with van der Waals surface area (Å²) >= 11 is 9.40. The summed E-state index contributed by atoms with van der Waals surface area (Å²) in [5.74, 6) is 0.857. The number of hydrogen-bond donors (Lipinski definition) is 1. The van der Waals surface area contributed by atoms with Crippen molar-refractivity contribution in [1.29, 1.82) is 0 Å². The zero-order chi connectivity index (χ0) is 14.4. The molecule has 112 valence electrons. The second-order valence-corrected chi connectivity index (χ2v) is 6.32. The fraction of sp³-hybridized carbons (Fsp3) is 0.600. The minimum Gasteiger partial charge on any atom is -0.491 e. The zero-order valence-electron chi connectivity index (χ0n) is 11.9. The first-order valence-electron chi connectivity index (χ1n) is 7.23. The maximum atomic E-state index is 5.93. The lowest BCUT2D eigenvalue weighted by atomic mass is 10.1. The Morgan fingerprint density at radius 3 is 2.80 bits per heavy atom. The van der Waals surface area contributed by atoms with E-state index >= 15 is 0 Å². The molecule has 2 rings (SSSR count). The van der Waals surface area contributed by atoms with Gasteiger partial charge in [0.15, 0.2) is 0 Å². The summed E-state index contributed by atoms with van der Waals surface area (Å²) < 4.78 is 6.76. The maximum absolute atomic E-state index is 5.93. The number of likely N-dealkylation sites (N-methyl/N-ethyl adjacent to an activating group) is 1. The first kappa shape index (κ1) is 16.1. The van der Waals surface area contributed by atoms with Gasteiger partial charge in [-0.05, 0) is 66.6 Å². The van der Waals surface area contributed by atoms with Crippen LogP contribution in [0.2, 0.25) is 5.02 Å². The fourth-order valence-electron chi connectivity index (χ4n) is 2.64. The van der Waals surface area contributed by atoms with Crippen molar-refractivity contribution in [1.82, 2.24) is 10.2 Å². The van der Waals surface area contributed by atoms with E-state index in [9.17, 15) is 0 Å². The Hall–Kier alpha value is -0.290. The number of halogens is 2. The van der Waals surface area contributed by atoms with Crippen LogP contribution in [-0.2, 0) is 0 Å². The Morgan fingerprint density at radius 2 is 2.15 bits per heavy atom. The molecule has 1 saturated heterocycles. The van der Waals surface area contributed by atoms with Crippen LogP contribution in [0.5, 0.6) is 5.75 Å². The summed E-state index contributed by atoms with van der Waals surface area (Å²) in [6.45, 7) is 7.24. The molecule has 1 heterocycles. The minimum absolute atomic E-state index is 0.693. The van der Waals surface area contributed by atoms with Crippen molar-refractivity contribution in [3.63, 3.8) is 0 Å². The zero-order valence-corrected chi connectivity index (χ0v) is 14.2. The van der Waals surface area contributed by atoms with Crippen LogP contribution in [0, 0.1) is 0 Å². The smallest absolute Gasteiger partial charge is 0.133 e. The van der Waals surface area contributed by atoms with Gasteiger partial charge in [-0.15, -0.1) is 0 Å². The lowest BCUT2D eigenvalue weighted by Crippen LogP contribution is -2.44. The Bertz CT molecular complexity index is 424. The van der Waals surface area contributed by atoms with Gasteiger partial charge in [-0.1, -0.05) is 18.5 Å². The summed E-state index contributed by atoms with van der Waals surface area (Å²) in [6.07, 6.45) is 2.47. The van der Waals surface area contributed by atoms with Gasteiger partial charge < -0.3 is 10.1 Å². The average molecular weight is 362 g/mol. The summed E-state index contributed by atoms with van der Waals surface area (Å²) in [5.41, 5.74) is 0. The van der Waals surface area contributed by atoms with Gasteiger partial charge in [0.1, 0.15) is 12.4 Å². The number of nitrogens with zero attached hydrogens (tertiary/aromatic N) is 1. The van der Waals surface area contributed by atoms with Crippen molar-refractivity contribution < 1.29 is 4.74 Å². The van der Waals surface area contributed by atoms with Gasteiger partial charge in [-0.3, -0.25) is 4.90 Å². The minimum atomic E-state index is 0.693. The van der Waals surface area contributed by atoms with Crippen LogP contribution in [0.25, 0.3) is 0 Å². The molecule has 1 aliphatic heterocycles. The molecular weight excluding hydrogens is 340 g/mol. The molecule has 0 spiro atoms. The molecular formula is C15H22BrClN2O. The van der Waals surface area contributed by atoms with Crippen LogP contribution < -0.4 is 10.1 Å². The van der Waals surface area contributed by atoms with E-state index in [2.05, 4.69) is 33.1 Å². The molecule has 1 N–H and O–H groups in total. The molecule has 1 aliphatic rings. The highest BCUT2D eigenvalue weighted by Crippen LogP contribution is 2.27. The number of piperidine rings is 1. The molecule has 1 aromatic carbocycles. The highest BCUT2D eigenvalue weighted by atomic mass is 79.9. The van der Waals surface area contributed by atoms with E-state index in [0.717, 1.165) is 36.4 Å². The fourth-order valence-corrected chi connectivity index (χ4v) is 3.43. The third-order valence-electron chi connectivity index (χ3n) is 3.76. The van der Waals surface area contributed by atoms with Gasteiger partial charge in [0.2, 0.25) is 0 Å². The highest BCUT2D eigenvalue weighted by Gasteiger charge is 2.19. The highest BCUT2D eigenvalue weighted by molar-refractivity contribution is 9.10. The van der Waals surface area contributed by atoms with Gasteiger partial charge >= 0.3 is 0 Å². The summed E-state index contributed by atoms with van der Waals surface area (Å²) in [4.78, 5) is 2.52. The van der Waals surface area contributed by atoms with E-state index in [1.807, 2.05) is 18.2 Å². The van der Waals surface area contributed by atoms with Crippen LogP contribution in [-0.4, -0.2) is 43.7 Å². The van der Waals surface area contributed by atoms with Crippen molar-refractivity contribution in [3.8, 4) is 5.75 Å². The molecule has 0 aliphatic carbocycles. The SMILES string of the molecule is CCN(CCOc1ccc(Cl)cc1Br)C1CCNCC1. The van der Waals surface area contributed by atoms with Crippen molar-refractivity contribution in [2.75, 3.05) is 32.8 Å². The lowest BCUT2D eigenvalue weighted by molar-refractivity contribution is 0.141. The van der Waals surface area contributed by atoms with E-state index in [1.54, 1.807) is 0 Å². The molecule has 0 unspecified atom stereocenters. The molecule has 0 bridgehead atoms. The van der Waals surface area contributed by atoms with Crippen molar-refractivity contribution in [3.05, 3.63) is 27.7 Å². The third kappa shape index (κ3) is 4.62. The largest absolute Gasteiger partial charge is 0.491 e. The van der Waals surface area contributed by atoms with Crippen LogP contribution in [0.3, 0.4) is 0 Å². The predicted molar refractivity (Wildman–Crippen MR) is 87.8 cm³/mol. The Kier molecular flexibility index (Phi) is 6.62. The van der Waals surface area contributed by atoms with E-state index in [1.165, 1.54) is 12.8 Å². The first-order chi connectivity index (χ1) is 9.70. The number of ether oxygens (including phenoxy) is 1. The summed E-state index contributed by atoms with van der Waals surface area (Å²) in [5, 5.41) is 4.13.